The summed E-state index contributed by atoms with van der Waals surface area (Å²) < 4.78 is 5.01. The summed E-state index contributed by atoms with van der Waals surface area (Å²) in [6.45, 7) is 0. The lowest BCUT2D eigenvalue weighted by Crippen LogP contribution is -2.20. The summed E-state index contributed by atoms with van der Waals surface area (Å²) in [7, 11) is -1.87. The van der Waals surface area contributed by atoms with Gasteiger partial charge >= 0.3 is 7.32 Å². The number of hydrogen-bond acceptors (Lipinski definition) is 5. The fourth-order valence-electron chi connectivity index (χ4n) is 3.80. The average molecular weight is 444 g/mol. The second kappa shape index (κ2) is 9.71. The summed E-state index contributed by atoms with van der Waals surface area (Å²) in [5, 5.41) is 18.2. The number of aromatic nitrogens is 2. The third kappa shape index (κ3) is 4.88. The highest BCUT2D eigenvalue weighted by molar-refractivity contribution is 6.33. The van der Waals surface area contributed by atoms with Gasteiger partial charge in [0.2, 0.25) is 0 Å². The Hall–Kier alpha value is -4.26. The zero-order valence-corrected chi connectivity index (χ0v) is 18.2. The predicted molar refractivity (Wildman–Crippen MR) is 135 cm³/mol. The topological polar surface area (TPSA) is 75.5 Å². The molecule has 5 aromatic rings. The van der Waals surface area contributed by atoms with Gasteiger partial charge in [-0.05, 0) is 35.4 Å². The number of rotatable bonds is 6. The lowest BCUT2D eigenvalue weighted by molar-refractivity contribution is 0.288. The molecule has 0 radical (unpaired) electrons. The van der Waals surface area contributed by atoms with Crippen molar-refractivity contribution in [1.29, 1.82) is 0 Å². The monoisotopic (exact) mass is 444 g/mol. The molecule has 5 nitrogen and oxygen atoms in total. The molecule has 0 aliphatic carbocycles. The number of nitrogens with zero attached hydrogens (tertiary/aromatic N) is 2. The fourth-order valence-corrected chi connectivity index (χ4v) is 3.80. The van der Waals surface area contributed by atoms with E-state index in [0.717, 1.165) is 39.2 Å². The standard InChI is InChI=1S/C28H21BN2O3/c32-29(33)34-25-16-8-14-23(18-25)22-13-7-15-24(17-22)27-19-26(20-9-3-1-4-10-20)30-28(31-27)21-11-5-2-6-12-21/h1-19,32-33H. The van der Waals surface area contributed by atoms with Gasteiger partial charge in [0, 0.05) is 16.7 Å². The molecule has 1 aromatic heterocycles. The van der Waals surface area contributed by atoms with Crippen LogP contribution < -0.4 is 4.65 Å². The number of hydrogen-bond donors (Lipinski definition) is 2. The van der Waals surface area contributed by atoms with Crippen LogP contribution in [0.5, 0.6) is 5.75 Å². The SMILES string of the molecule is OB(O)Oc1cccc(-c2cccc(-c3cc(-c4ccccc4)nc(-c4ccccc4)n3)c2)c1. The van der Waals surface area contributed by atoms with E-state index in [4.69, 9.17) is 24.7 Å². The van der Waals surface area contributed by atoms with Crippen molar-refractivity contribution < 1.29 is 14.7 Å². The first kappa shape index (κ1) is 21.6. The van der Waals surface area contributed by atoms with E-state index in [1.807, 2.05) is 97.1 Å². The molecule has 0 fully saturated rings. The Labute approximate surface area is 198 Å². The first-order valence-corrected chi connectivity index (χ1v) is 10.9. The first-order chi connectivity index (χ1) is 16.7. The third-order valence-corrected chi connectivity index (χ3v) is 5.39. The van der Waals surface area contributed by atoms with Crippen molar-refractivity contribution in [3.63, 3.8) is 0 Å². The molecular weight excluding hydrogens is 423 g/mol. The van der Waals surface area contributed by atoms with Gasteiger partial charge < -0.3 is 14.7 Å². The minimum Gasteiger partial charge on any atom is -0.512 e. The second-order valence-electron chi connectivity index (χ2n) is 7.75. The summed E-state index contributed by atoms with van der Waals surface area (Å²) in [5.41, 5.74) is 6.42. The van der Waals surface area contributed by atoms with E-state index in [0.29, 0.717) is 11.6 Å². The maximum atomic E-state index is 9.12. The number of benzene rings is 4. The Morgan fingerprint density at radius 2 is 1.03 bits per heavy atom. The van der Waals surface area contributed by atoms with Crippen molar-refractivity contribution in [1.82, 2.24) is 9.97 Å². The van der Waals surface area contributed by atoms with E-state index in [1.165, 1.54) is 0 Å². The van der Waals surface area contributed by atoms with Crippen LogP contribution in [0.2, 0.25) is 0 Å². The first-order valence-electron chi connectivity index (χ1n) is 10.9. The minimum atomic E-state index is -1.87. The average Bonchev–Trinajstić information content (AvgIpc) is 2.89. The van der Waals surface area contributed by atoms with Gasteiger partial charge in [0.1, 0.15) is 5.75 Å². The largest absolute Gasteiger partial charge is 0.707 e. The lowest BCUT2D eigenvalue weighted by atomic mass is 10.00. The van der Waals surface area contributed by atoms with E-state index in [-0.39, 0.29) is 0 Å². The summed E-state index contributed by atoms with van der Waals surface area (Å²) >= 11 is 0. The molecule has 5 rings (SSSR count). The minimum absolute atomic E-state index is 0.373. The molecule has 0 unspecified atom stereocenters. The van der Waals surface area contributed by atoms with Crippen LogP contribution in [0.4, 0.5) is 0 Å². The van der Waals surface area contributed by atoms with Crippen molar-refractivity contribution in [3.8, 4) is 50.8 Å². The van der Waals surface area contributed by atoms with E-state index < -0.39 is 7.32 Å². The normalized spacial score (nSPS) is 10.6. The molecule has 4 aromatic carbocycles. The van der Waals surface area contributed by atoms with E-state index >= 15 is 0 Å². The zero-order valence-electron chi connectivity index (χ0n) is 18.2. The Morgan fingerprint density at radius 3 is 1.71 bits per heavy atom. The molecule has 0 aliphatic rings. The molecule has 0 saturated carbocycles. The molecule has 0 amide bonds. The van der Waals surface area contributed by atoms with Crippen LogP contribution in [0.3, 0.4) is 0 Å². The summed E-state index contributed by atoms with van der Waals surface area (Å²) in [6.07, 6.45) is 0. The molecule has 0 aliphatic heterocycles. The van der Waals surface area contributed by atoms with Gasteiger partial charge in [0.25, 0.3) is 0 Å². The van der Waals surface area contributed by atoms with Gasteiger partial charge in [-0.3, -0.25) is 0 Å². The summed E-state index contributed by atoms with van der Waals surface area (Å²) in [4.78, 5) is 9.73. The highest BCUT2D eigenvalue weighted by Gasteiger charge is 2.13. The Morgan fingerprint density at radius 1 is 0.500 bits per heavy atom. The quantitative estimate of drug-likeness (QED) is 0.339. The van der Waals surface area contributed by atoms with Gasteiger partial charge in [-0.15, -0.1) is 0 Å². The molecule has 1 heterocycles. The smallest absolute Gasteiger partial charge is 0.512 e. The highest BCUT2D eigenvalue weighted by atomic mass is 16.6. The van der Waals surface area contributed by atoms with Crippen molar-refractivity contribution >= 4 is 7.32 Å². The van der Waals surface area contributed by atoms with Crippen LogP contribution in [-0.2, 0) is 0 Å². The van der Waals surface area contributed by atoms with Crippen molar-refractivity contribution in [3.05, 3.63) is 115 Å². The molecule has 0 atom stereocenters. The van der Waals surface area contributed by atoms with Crippen LogP contribution in [0.1, 0.15) is 0 Å². The third-order valence-electron chi connectivity index (χ3n) is 5.39. The fraction of sp³-hybridized carbons (Fsp3) is 0. The van der Waals surface area contributed by atoms with Gasteiger partial charge in [0.05, 0.1) is 11.4 Å². The van der Waals surface area contributed by atoms with Gasteiger partial charge in [-0.1, -0.05) is 91.0 Å². The van der Waals surface area contributed by atoms with Crippen LogP contribution in [-0.4, -0.2) is 27.3 Å². The van der Waals surface area contributed by atoms with Crippen LogP contribution in [0.15, 0.2) is 115 Å². The van der Waals surface area contributed by atoms with Crippen molar-refractivity contribution in [2.45, 2.75) is 0 Å². The van der Waals surface area contributed by atoms with Crippen LogP contribution in [0.25, 0.3) is 45.0 Å². The molecular formula is C28H21BN2O3. The summed E-state index contributed by atoms with van der Waals surface area (Å²) in [6, 6.07) is 37.3. The van der Waals surface area contributed by atoms with Gasteiger partial charge in [0.15, 0.2) is 5.82 Å². The van der Waals surface area contributed by atoms with Crippen molar-refractivity contribution in [2.24, 2.45) is 0 Å². The lowest BCUT2D eigenvalue weighted by Gasteiger charge is -2.11. The highest BCUT2D eigenvalue weighted by Crippen LogP contribution is 2.31. The summed E-state index contributed by atoms with van der Waals surface area (Å²) in [5.74, 6) is 1.03. The maximum Gasteiger partial charge on any atom is 0.707 e. The van der Waals surface area contributed by atoms with Crippen molar-refractivity contribution in [2.75, 3.05) is 0 Å². The molecule has 2 N–H and O–H groups in total. The van der Waals surface area contributed by atoms with Gasteiger partial charge in [-0.25, -0.2) is 9.97 Å². The maximum absolute atomic E-state index is 9.12. The van der Waals surface area contributed by atoms with Gasteiger partial charge in [-0.2, -0.15) is 0 Å². The molecule has 34 heavy (non-hydrogen) atoms. The predicted octanol–water partition coefficient (Wildman–Crippen LogP) is 5.49. The van der Waals surface area contributed by atoms with E-state index in [2.05, 4.69) is 6.07 Å². The molecule has 164 valence electrons. The van der Waals surface area contributed by atoms with Crippen LogP contribution >= 0.6 is 0 Å². The van der Waals surface area contributed by atoms with Crippen LogP contribution in [0, 0.1) is 0 Å². The van der Waals surface area contributed by atoms with E-state index in [1.54, 1.807) is 12.1 Å². The Bertz CT molecular complexity index is 1350. The zero-order chi connectivity index (χ0) is 23.3. The molecule has 0 spiro atoms. The Kier molecular flexibility index (Phi) is 6.16. The van der Waals surface area contributed by atoms with E-state index in [9.17, 15) is 0 Å². The Balaban J connectivity index is 1.60. The molecule has 0 saturated heterocycles. The second-order valence-corrected chi connectivity index (χ2v) is 7.75. The molecule has 0 bridgehead atoms. The molecule has 6 heteroatoms.